The van der Waals surface area contributed by atoms with Crippen LogP contribution in [-0.2, 0) is 6.61 Å². The lowest BCUT2D eigenvalue weighted by Crippen LogP contribution is -1.95. The fourth-order valence-corrected chi connectivity index (χ4v) is 4.01. The summed E-state index contributed by atoms with van der Waals surface area (Å²) in [6.07, 6.45) is 1.95. The van der Waals surface area contributed by atoms with Gasteiger partial charge in [-0.1, -0.05) is 69.7 Å². The molecule has 0 amide bonds. The molecule has 5 aromatic rings. The number of halogens is 1. The van der Waals surface area contributed by atoms with Gasteiger partial charge in [0.15, 0.2) is 5.01 Å². The topological polar surface area (TPSA) is 39.4 Å². The van der Waals surface area contributed by atoms with E-state index in [9.17, 15) is 0 Å². The number of aromatic nitrogens is 3. The Bertz CT molecular complexity index is 1210. The van der Waals surface area contributed by atoms with E-state index < -0.39 is 0 Å². The van der Waals surface area contributed by atoms with Gasteiger partial charge in [0.05, 0.1) is 11.9 Å². The molecule has 6 heteroatoms. The minimum Gasteiger partial charge on any atom is -0.486 e. The van der Waals surface area contributed by atoms with Crippen LogP contribution in [0.4, 0.5) is 0 Å². The highest BCUT2D eigenvalue weighted by molar-refractivity contribution is 9.10. The molecule has 0 spiro atoms. The van der Waals surface area contributed by atoms with Crippen molar-refractivity contribution in [2.24, 2.45) is 0 Å². The average Bonchev–Trinajstić information content (AvgIpc) is 3.25. The van der Waals surface area contributed by atoms with Gasteiger partial charge in [0.1, 0.15) is 12.4 Å². The Balaban J connectivity index is 1.34. The van der Waals surface area contributed by atoms with Gasteiger partial charge in [-0.3, -0.25) is 0 Å². The van der Waals surface area contributed by atoms with Crippen LogP contribution in [0.2, 0.25) is 0 Å². The Kier molecular flexibility index (Phi) is 4.14. The zero-order chi connectivity index (χ0) is 18.2. The highest BCUT2D eigenvalue weighted by Gasteiger charge is 2.10. The van der Waals surface area contributed by atoms with Crippen molar-refractivity contribution in [2.75, 3.05) is 0 Å². The Morgan fingerprint density at radius 2 is 1.78 bits per heavy atom. The van der Waals surface area contributed by atoms with E-state index in [1.165, 1.54) is 10.8 Å². The van der Waals surface area contributed by atoms with E-state index in [2.05, 4.69) is 50.3 Å². The third-order valence-electron chi connectivity index (χ3n) is 4.31. The molecule has 2 aromatic heterocycles. The van der Waals surface area contributed by atoms with Crippen LogP contribution < -0.4 is 4.74 Å². The first-order chi connectivity index (χ1) is 13.2. The Morgan fingerprint density at radius 3 is 2.59 bits per heavy atom. The maximum absolute atomic E-state index is 5.93. The summed E-state index contributed by atoms with van der Waals surface area (Å²) in [6.45, 7) is 0.431. The van der Waals surface area contributed by atoms with Crippen molar-refractivity contribution in [3.63, 3.8) is 0 Å². The second-order valence-corrected chi connectivity index (χ2v) is 8.11. The Hall–Kier alpha value is -2.70. The summed E-state index contributed by atoms with van der Waals surface area (Å²) < 4.78 is 8.80. The van der Waals surface area contributed by atoms with Gasteiger partial charge in [-0.25, -0.2) is 9.50 Å². The lowest BCUT2D eigenvalue weighted by atomic mass is 10.1. The molecule has 2 heterocycles. The molecule has 0 aliphatic rings. The van der Waals surface area contributed by atoms with Crippen molar-refractivity contribution in [2.45, 2.75) is 6.61 Å². The van der Waals surface area contributed by atoms with E-state index in [1.54, 1.807) is 11.3 Å². The normalized spacial score (nSPS) is 11.3. The molecule has 27 heavy (non-hydrogen) atoms. The van der Waals surface area contributed by atoms with Crippen molar-refractivity contribution < 1.29 is 4.74 Å². The zero-order valence-corrected chi connectivity index (χ0v) is 16.6. The predicted octanol–water partition coefficient (Wildman–Crippen LogP) is 5.95. The lowest BCUT2D eigenvalue weighted by molar-refractivity contribution is 0.304. The molecule has 0 aliphatic heterocycles. The molecule has 5 rings (SSSR count). The summed E-state index contributed by atoms with van der Waals surface area (Å²) in [6, 6.07) is 22.5. The Labute approximate surface area is 168 Å². The molecule has 0 fully saturated rings. The molecule has 4 nitrogen and oxygen atoms in total. The summed E-state index contributed by atoms with van der Waals surface area (Å²) in [5.74, 6) is 0.845. The van der Waals surface area contributed by atoms with Crippen LogP contribution in [0.3, 0.4) is 0 Å². The molecule has 0 saturated carbocycles. The number of hydrogen-bond donors (Lipinski definition) is 0. The minimum atomic E-state index is 0.431. The largest absolute Gasteiger partial charge is 0.486 e. The summed E-state index contributed by atoms with van der Waals surface area (Å²) in [5.41, 5.74) is 1.99. The van der Waals surface area contributed by atoms with Gasteiger partial charge in [0.25, 0.3) is 0 Å². The van der Waals surface area contributed by atoms with Crippen molar-refractivity contribution in [1.29, 1.82) is 0 Å². The monoisotopic (exact) mass is 435 g/mol. The lowest BCUT2D eigenvalue weighted by Gasteiger charge is -2.05. The van der Waals surface area contributed by atoms with Crippen LogP contribution in [0.15, 0.2) is 77.4 Å². The molecule has 0 aliphatic carbocycles. The first-order valence-electron chi connectivity index (χ1n) is 8.47. The molecular weight excluding hydrogens is 422 g/mol. The van der Waals surface area contributed by atoms with Crippen molar-refractivity contribution in [3.05, 3.63) is 82.4 Å². The highest BCUT2D eigenvalue weighted by atomic mass is 79.9. The molecule has 0 N–H and O–H groups in total. The summed E-state index contributed by atoms with van der Waals surface area (Å²) in [7, 11) is 0. The number of fused-ring (bicyclic) bond motifs is 2. The SMILES string of the molecule is Brc1ccc(-c2cn3nc(COc4ccc5ccccc5c4)sc3n2)cc1. The van der Waals surface area contributed by atoms with Crippen molar-refractivity contribution >= 4 is 43.0 Å². The van der Waals surface area contributed by atoms with Gasteiger partial charge in [-0.15, -0.1) is 0 Å². The fourth-order valence-electron chi connectivity index (χ4n) is 2.96. The summed E-state index contributed by atoms with van der Waals surface area (Å²) in [5, 5.41) is 7.86. The van der Waals surface area contributed by atoms with Gasteiger partial charge in [0, 0.05) is 10.0 Å². The third kappa shape index (κ3) is 3.34. The first kappa shape index (κ1) is 16.5. The van der Waals surface area contributed by atoms with Crippen LogP contribution >= 0.6 is 27.3 Å². The molecule has 0 unspecified atom stereocenters. The van der Waals surface area contributed by atoms with Crippen molar-refractivity contribution in [1.82, 2.24) is 14.6 Å². The molecule has 0 bridgehead atoms. The quantitative estimate of drug-likeness (QED) is 0.349. The van der Waals surface area contributed by atoms with Crippen LogP contribution in [0.1, 0.15) is 5.01 Å². The highest BCUT2D eigenvalue weighted by Crippen LogP contribution is 2.25. The van der Waals surface area contributed by atoms with Crippen LogP contribution in [0.5, 0.6) is 5.75 Å². The van der Waals surface area contributed by atoms with E-state index in [1.807, 2.05) is 53.2 Å². The molecule has 132 valence electrons. The zero-order valence-electron chi connectivity index (χ0n) is 14.2. The van der Waals surface area contributed by atoms with Gasteiger partial charge < -0.3 is 4.74 Å². The third-order valence-corrected chi connectivity index (χ3v) is 5.73. The van der Waals surface area contributed by atoms with E-state index in [0.29, 0.717) is 6.61 Å². The summed E-state index contributed by atoms with van der Waals surface area (Å²) >= 11 is 5.00. The average molecular weight is 436 g/mol. The Morgan fingerprint density at radius 1 is 0.963 bits per heavy atom. The number of imidazole rings is 1. The molecule has 0 atom stereocenters. The molecule has 0 radical (unpaired) electrons. The molecule has 0 saturated heterocycles. The number of ether oxygens (including phenoxy) is 1. The van der Waals surface area contributed by atoms with E-state index in [0.717, 1.165) is 31.4 Å². The van der Waals surface area contributed by atoms with Gasteiger partial charge in [0.2, 0.25) is 4.96 Å². The summed E-state index contributed by atoms with van der Waals surface area (Å²) in [4.78, 5) is 5.54. The maximum atomic E-state index is 5.93. The molecular formula is C21H14BrN3OS. The predicted molar refractivity (Wildman–Crippen MR) is 112 cm³/mol. The second-order valence-electron chi connectivity index (χ2n) is 6.15. The van der Waals surface area contributed by atoms with E-state index in [-0.39, 0.29) is 0 Å². The van der Waals surface area contributed by atoms with Gasteiger partial charge in [-0.05, 0) is 35.0 Å². The van der Waals surface area contributed by atoms with Gasteiger partial charge in [-0.2, -0.15) is 5.10 Å². The number of benzene rings is 3. The van der Waals surface area contributed by atoms with Crippen LogP contribution in [0, 0.1) is 0 Å². The van der Waals surface area contributed by atoms with Gasteiger partial charge >= 0.3 is 0 Å². The van der Waals surface area contributed by atoms with E-state index in [4.69, 9.17) is 4.74 Å². The number of rotatable bonds is 4. The fraction of sp³-hybridized carbons (Fsp3) is 0.0476. The van der Waals surface area contributed by atoms with Crippen molar-refractivity contribution in [3.8, 4) is 17.0 Å². The number of hydrogen-bond acceptors (Lipinski definition) is 4. The van der Waals surface area contributed by atoms with Crippen LogP contribution in [0.25, 0.3) is 27.0 Å². The smallest absolute Gasteiger partial charge is 0.212 e. The second kappa shape index (κ2) is 6.79. The van der Waals surface area contributed by atoms with Crippen LogP contribution in [-0.4, -0.2) is 14.6 Å². The molecule has 3 aromatic carbocycles. The standard InChI is InChI=1S/C21H14BrN3OS/c22-17-8-5-15(6-9-17)19-12-25-21(23-19)27-20(24-25)13-26-18-10-7-14-3-1-2-4-16(14)11-18/h1-12H,13H2. The maximum Gasteiger partial charge on any atom is 0.212 e. The van der Waals surface area contributed by atoms with E-state index >= 15 is 0 Å². The first-order valence-corrected chi connectivity index (χ1v) is 10.1. The number of nitrogens with zero attached hydrogens (tertiary/aromatic N) is 3. The minimum absolute atomic E-state index is 0.431.